The molecule has 0 bridgehead atoms. The lowest BCUT2D eigenvalue weighted by Gasteiger charge is -2.26. The fraction of sp³-hybridized carbons (Fsp3) is 0.929. The summed E-state index contributed by atoms with van der Waals surface area (Å²) in [6.45, 7) is 7.82. The minimum Gasteiger partial charge on any atom is -0.340 e. The maximum atomic E-state index is 12.0. The molecule has 1 amide bonds. The van der Waals surface area contributed by atoms with E-state index in [9.17, 15) is 4.79 Å². The Morgan fingerprint density at radius 3 is 2.29 bits per heavy atom. The van der Waals surface area contributed by atoms with E-state index in [0.29, 0.717) is 24.9 Å². The molecule has 0 saturated heterocycles. The molecule has 0 aromatic carbocycles. The van der Waals surface area contributed by atoms with Crippen molar-refractivity contribution in [3.8, 4) is 0 Å². The quantitative estimate of drug-likeness (QED) is 0.599. The smallest absolute Gasteiger partial charge is 0.222 e. The van der Waals surface area contributed by atoms with E-state index < -0.39 is 0 Å². The molecule has 0 unspecified atom stereocenters. The van der Waals surface area contributed by atoms with Crippen LogP contribution < -0.4 is 5.73 Å². The number of unbranched alkanes of at least 4 members (excludes halogenated alkanes) is 4. The van der Waals surface area contributed by atoms with Crippen LogP contribution in [0.1, 0.15) is 65.7 Å². The number of nitrogens with zero attached hydrogens (tertiary/aromatic N) is 1. The third-order valence-corrected chi connectivity index (χ3v) is 3.04. The summed E-state index contributed by atoms with van der Waals surface area (Å²) < 4.78 is 0. The van der Waals surface area contributed by atoms with Crippen LogP contribution in [-0.2, 0) is 4.79 Å². The van der Waals surface area contributed by atoms with Gasteiger partial charge in [-0.25, -0.2) is 0 Å². The average Bonchev–Trinajstić information content (AvgIpc) is 2.29. The summed E-state index contributed by atoms with van der Waals surface area (Å²) in [5, 5.41) is 0. The molecule has 0 radical (unpaired) electrons. The minimum atomic E-state index is 0.296. The second kappa shape index (κ2) is 10.6. The van der Waals surface area contributed by atoms with Crippen molar-refractivity contribution in [3.05, 3.63) is 0 Å². The normalized spacial score (nSPS) is 10.9. The fourth-order valence-electron chi connectivity index (χ4n) is 1.96. The maximum Gasteiger partial charge on any atom is 0.222 e. The first-order chi connectivity index (χ1) is 8.13. The van der Waals surface area contributed by atoms with E-state index in [1.54, 1.807) is 0 Å². The molecule has 0 heterocycles. The lowest BCUT2D eigenvalue weighted by atomic mass is 10.1. The second-order valence-electron chi connectivity index (χ2n) is 4.99. The zero-order chi connectivity index (χ0) is 13.1. The van der Waals surface area contributed by atoms with Crippen molar-refractivity contribution < 1.29 is 4.79 Å². The van der Waals surface area contributed by atoms with Crippen LogP contribution in [0.2, 0.25) is 0 Å². The van der Waals surface area contributed by atoms with Crippen molar-refractivity contribution in [2.75, 3.05) is 13.1 Å². The van der Waals surface area contributed by atoms with Gasteiger partial charge in [0.1, 0.15) is 0 Å². The van der Waals surface area contributed by atoms with Crippen LogP contribution in [0.4, 0.5) is 0 Å². The Labute approximate surface area is 107 Å². The molecule has 0 spiro atoms. The van der Waals surface area contributed by atoms with E-state index >= 15 is 0 Å². The predicted molar refractivity (Wildman–Crippen MR) is 73.9 cm³/mol. The highest BCUT2D eigenvalue weighted by Gasteiger charge is 2.15. The second-order valence-corrected chi connectivity index (χ2v) is 4.99. The lowest BCUT2D eigenvalue weighted by molar-refractivity contribution is -0.133. The summed E-state index contributed by atoms with van der Waals surface area (Å²) in [7, 11) is 0. The third kappa shape index (κ3) is 8.19. The van der Waals surface area contributed by atoms with E-state index in [-0.39, 0.29) is 0 Å². The van der Waals surface area contributed by atoms with Crippen LogP contribution in [0.15, 0.2) is 0 Å². The van der Waals surface area contributed by atoms with Crippen molar-refractivity contribution in [3.63, 3.8) is 0 Å². The van der Waals surface area contributed by atoms with Crippen molar-refractivity contribution >= 4 is 5.91 Å². The average molecular weight is 242 g/mol. The summed E-state index contributed by atoms with van der Waals surface area (Å²) in [5.41, 5.74) is 5.49. The maximum absolute atomic E-state index is 12.0. The Kier molecular flexibility index (Phi) is 10.2. The first kappa shape index (κ1) is 16.4. The van der Waals surface area contributed by atoms with Crippen molar-refractivity contribution in [1.29, 1.82) is 0 Å². The van der Waals surface area contributed by atoms with Gasteiger partial charge in [-0.1, -0.05) is 32.6 Å². The number of carbonyl (C=O) groups excluding carboxylic acids is 1. The van der Waals surface area contributed by atoms with E-state index in [0.717, 1.165) is 19.4 Å². The van der Waals surface area contributed by atoms with Gasteiger partial charge in [0.05, 0.1) is 0 Å². The number of rotatable bonds is 10. The standard InChI is InChI=1S/C14H30N2O/c1-4-5-6-7-8-10-14(17)16(13(2)3)12-9-11-15/h13H,4-12,15H2,1-3H3. The van der Waals surface area contributed by atoms with Gasteiger partial charge in [0.2, 0.25) is 5.91 Å². The summed E-state index contributed by atoms with van der Waals surface area (Å²) in [6, 6.07) is 0.296. The van der Waals surface area contributed by atoms with E-state index in [4.69, 9.17) is 5.73 Å². The zero-order valence-corrected chi connectivity index (χ0v) is 11.9. The molecule has 0 aliphatic carbocycles. The van der Waals surface area contributed by atoms with Crippen molar-refractivity contribution in [2.45, 2.75) is 71.8 Å². The molecule has 0 aromatic heterocycles. The molecule has 17 heavy (non-hydrogen) atoms. The number of nitrogens with two attached hydrogens (primary N) is 1. The topological polar surface area (TPSA) is 46.3 Å². The van der Waals surface area contributed by atoms with E-state index in [1.165, 1.54) is 25.7 Å². The first-order valence-electron chi connectivity index (χ1n) is 7.13. The number of carbonyl (C=O) groups is 1. The number of amides is 1. The van der Waals surface area contributed by atoms with Crippen molar-refractivity contribution in [2.24, 2.45) is 5.73 Å². The Bertz CT molecular complexity index is 193. The molecule has 102 valence electrons. The Balaban J connectivity index is 3.81. The van der Waals surface area contributed by atoms with Gasteiger partial charge >= 0.3 is 0 Å². The first-order valence-corrected chi connectivity index (χ1v) is 7.13. The van der Waals surface area contributed by atoms with Gasteiger partial charge < -0.3 is 10.6 Å². The Hall–Kier alpha value is -0.570. The fourth-order valence-corrected chi connectivity index (χ4v) is 1.96. The van der Waals surface area contributed by atoms with Crippen LogP contribution in [0.5, 0.6) is 0 Å². The SMILES string of the molecule is CCCCCCCC(=O)N(CCCN)C(C)C. The van der Waals surface area contributed by atoms with Gasteiger partial charge in [-0.05, 0) is 33.2 Å². The van der Waals surface area contributed by atoms with Gasteiger partial charge in [-0.15, -0.1) is 0 Å². The monoisotopic (exact) mass is 242 g/mol. The Morgan fingerprint density at radius 2 is 1.76 bits per heavy atom. The zero-order valence-electron chi connectivity index (χ0n) is 11.9. The minimum absolute atomic E-state index is 0.296. The number of hydrogen-bond donors (Lipinski definition) is 1. The largest absolute Gasteiger partial charge is 0.340 e. The van der Waals surface area contributed by atoms with Gasteiger partial charge in [-0.2, -0.15) is 0 Å². The molecule has 0 rings (SSSR count). The Morgan fingerprint density at radius 1 is 1.12 bits per heavy atom. The highest BCUT2D eigenvalue weighted by molar-refractivity contribution is 5.76. The van der Waals surface area contributed by atoms with Crippen LogP contribution in [0.25, 0.3) is 0 Å². The van der Waals surface area contributed by atoms with Crippen LogP contribution in [-0.4, -0.2) is 29.9 Å². The van der Waals surface area contributed by atoms with Crippen LogP contribution in [0, 0.1) is 0 Å². The molecule has 3 nitrogen and oxygen atoms in total. The third-order valence-electron chi connectivity index (χ3n) is 3.04. The van der Waals surface area contributed by atoms with Gasteiger partial charge in [0, 0.05) is 19.0 Å². The lowest BCUT2D eigenvalue weighted by Crippen LogP contribution is -2.38. The predicted octanol–water partition coefficient (Wildman–Crippen LogP) is 2.93. The van der Waals surface area contributed by atoms with E-state index in [2.05, 4.69) is 20.8 Å². The molecule has 3 heteroatoms. The van der Waals surface area contributed by atoms with Gasteiger partial charge in [-0.3, -0.25) is 4.79 Å². The molecule has 0 aliphatic rings. The van der Waals surface area contributed by atoms with Crippen molar-refractivity contribution in [1.82, 2.24) is 4.90 Å². The molecular weight excluding hydrogens is 212 g/mol. The summed E-state index contributed by atoms with van der Waals surface area (Å²) in [4.78, 5) is 14.0. The van der Waals surface area contributed by atoms with Crippen LogP contribution >= 0.6 is 0 Å². The number of hydrogen-bond acceptors (Lipinski definition) is 2. The molecule has 0 atom stereocenters. The summed E-state index contributed by atoms with van der Waals surface area (Å²) in [5.74, 6) is 0.296. The summed E-state index contributed by atoms with van der Waals surface area (Å²) in [6.07, 6.45) is 7.62. The van der Waals surface area contributed by atoms with Gasteiger partial charge in [0.25, 0.3) is 0 Å². The molecular formula is C14H30N2O. The summed E-state index contributed by atoms with van der Waals surface area (Å²) >= 11 is 0. The van der Waals surface area contributed by atoms with E-state index in [1.807, 2.05) is 4.90 Å². The molecule has 0 saturated carbocycles. The highest BCUT2D eigenvalue weighted by Crippen LogP contribution is 2.09. The van der Waals surface area contributed by atoms with Gasteiger partial charge in [0.15, 0.2) is 0 Å². The molecule has 0 fully saturated rings. The molecule has 2 N–H and O–H groups in total. The highest BCUT2D eigenvalue weighted by atomic mass is 16.2. The molecule has 0 aliphatic heterocycles. The molecule has 0 aromatic rings. The van der Waals surface area contributed by atoms with Crippen LogP contribution in [0.3, 0.4) is 0 Å².